The number of methoxy groups -OCH3 is 1. The van der Waals surface area contributed by atoms with Gasteiger partial charge in [-0.3, -0.25) is 4.68 Å². The lowest BCUT2D eigenvalue weighted by Crippen LogP contribution is -2.06. The van der Waals surface area contributed by atoms with Gasteiger partial charge in [0.2, 0.25) is 0 Å². The van der Waals surface area contributed by atoms with Gasteiger partial charge in [0, 0.05) is 18.3 Å². The normalized spacial score (nSPS) is 10.5. The van der Waals surface area contributed by atoms with Crippen LogP contribution in [0.25, 0.3) is 0 Å². The highest BCUT2D eigenvalue weighted by molar-refractivity contribution is 5.84. The van der Waals surface area contributed by atoms with Crippen LogP contribution < -0.4 is 0 Å². The number of carbonyl (C=O) groups excluding carboxylic acids is 1. The molecule has 0 saturated heterocycles. The summed E-state index contributed by atoms with van der Waals surface area (Å²) in [6.07, 6.45) is 5.19. The highest BCUT2D eigenvalue weighted by atomic mass is 16.5. The minimum absolute atomic E-state index is 0.0652. The van der Waals surface area contributed by atoms with Gasteiger partial charge in [-0.05, 0) is 6.92 Å². The third-order valence-electron chi connectivity index (χ3n) is 2.26. The first kappa shape index (κ1) is 11.3. The summed E-state index contributed by atoms with van der Waals surface area (Å²) in [7, 11) is 1.30. The summed E-state index contributed by atoms with van der Waals surface area (Å²) >= 11 is 0. The zero-order valence-corrected chi connectivity index (χ0v) is 9.70. The Hall–Kier alpha value is -2.18. The van der Waals surface area contributed by atoms with Crippen molar-refractivity contribution in [3.63, 3.8) is 0 Å². The lowest BCUT2D eigenvalue weighted by molar-refractivity contribution is 0.0586. The largest absolute Gasteiger partial charge is 0.463 e. The lowest BCUT2D eigenvalue weighted by Gasteiger charge is -1.96. The second-order valence-electron chi connectivity index (χ2n) is 3.46. The Bertz CT molecular complexity index is 516. The van der Waals surface area contributed by atoms with Crippen LogP contribution in [0.15, 0.2) is 18.7 Å². The van der Waals surface area contributed by atoms with Crippen LogP contribution in [0, 0.1) is 0 Å². The number of aromatic nitrogens is 5. The smallest absolute Gasteiger partial charge is 0.377 e. The SMILES string of the molecule is CCn1cc(Cn2cnc(C(=O)OC)n2)cn1. The zero-order chi connectivity index (χ0) is 12.3. The van der Waals surface area contributed by atoms with E-state index in [0.29, 0.717) is 6.54 Å². The van der Waals surface area contributed by atoms with Crippen molar-refractivity contribution < 1.29 is 9.53 Å². The van der Waals surface area contributed by atoms with Crippen LogP contribution in [0.5, 0.6) is 0 Å². The third-order valence-corrected chi connectivity index (χ3v) is 2.26. The maximum atomic E-state index is 11.2. The highest BCUT2D eigenvalue weighted by Crippen LogP contribution is 2.01. The van der Waals surface area contributed by atoms with Crippen molar-refractivity contribution in [2.75, 3.05) is 7.11 Å². The van der Waals surface area contributed by atoms with Crippen molar-refractivity contribution in [1.29, 1.82) is 0 Å². The molecule has 17 heavy (non-hydrogen) atoms. The monoisotopic (exact) mass is 235 g/mol. The van der Waals surface area contributed by atoms with E-state index in [1.54, 1.807) is 10.9 Å². The molecular formula is C10H13N5O2. The number of hydrogen-bond donors (Lipinski definition) is 0. The second-order valence-corrected chi connectivity index (χ2v) is 3.46. The summed E-state index contributed by atoms with van der Waals surface area (Å²) in [5.41, 5.74) is 1.01. The Labute approximate surface area is 98.0 Å². The van der Waals surface area contributed by atoms with Crippen molar-refractivity contribution in [2.45, 2.75) is 20.0 Å². The van der Waals surface area contributed by atoms with E-state index in [1.807, 2.05) is 17.8 Å². The van der Waals surface area contributed by atoms with E-state index in [0.717, 1.165) is 12.1 Å². The molecular weight excluding hydrogens is 222 g/mol. The van der Waals surface area contributed by atoms with Crippen LogP contribution in [-0.4, -0.2) is 37.6 Å². The van der Waals surface area contributed by atoms with Gasteiger partial charge in [0.05, 0.1) is 19.9 Å². The van der Waals surface area contributed by atoms with E-state index >= 15 is 0 Å². The molecule has 0 atom stereocenters. The van der Waals surface area contributed by atoms with Crippen molar-refractivity contribution >= 4 is 5.97 Å². The number of rotatable bonds is 4. The molecule has 2 rings (SSSR count). The molecule has 7 nitrogen and oxygen atoms in total. The van der Waals surface area contributed by atoms with Crippen molar-refractivity contribution in [2.24, 2.45) is 0 Å². The quantitative estimate of drug-likeness (QED) is 0.714. The average Bonchev–Trinajstić information content (AvgIpc) is 2.97. The van der Waals surface area contributed by atoms with Gasteiger partial charge in [-0.2, -0.15) is 5.10 Å². The predicted molar refractivity (Wildman–Crippen MR) is 58.4 cm³/mol. The van der Waals surface area contributed by atoms with Crippen molar-refractivity contribution in [1.82, 2.24) is 24.5 Å². The Kier molecular flexibility index (Phi) is 3.17. The standard InChI is InChI=1S/C10H13N5O2/c1-3-14-5-8(4-12-14)6-15-7-11-9(13-15)10(16)17-2/h4-5,7H,3,6H2,1-2H3. The molecule has 2 heterocycles. The molecule has 0 aliphatic rings. The molecule has 0 bridgehead atoms. The number of aryl methyl sites for hydroxylation is 1. The molecule has 2 aromatic rings. The van der Waals surface area contributed by atoms with Gasteiger partial charge in [-0.1, -0.05) is 0 Å². The first-order chi connectivity index (χ1) is 8.22. The molecule has 0 aromatic carbocycles. The van der Waals surface area contributed by atoms with Gasteiger partial charge in [0.1, 0.15) is 6.33 Å². The van der Waals surface area contributed by atoms with Crippen LogP contribution in [0.1, 0.15) is 23.1 Å². The van der Waals surface area contributed by atoms with Crippen molar-refractivity contribution in [3.05, 3.63) is 30.1 Å². The molecule has 2 aromatic heterocycles. The van der Waals surface area contributed by atoms with Gasteiger partial charge in [0.25, 0.3) is 5.82 Å². The van der Waals surface area contributed by atoms with Crippen LogP contribution in [-0.2, 0) is 17.8 Å². The Morgan fingerprint density at radius 1 is 1.47 bits per heavy atom. The van der Waals surface area contributed by atoms with Crippen molar-refractivity contribution in [3.8, 4) is 0 Å². The molecule has 0 aliphatic carbocycles. The fraction of sp³-hybridized carbons (Fsp3) is 0.400. The van der Waals surface area contributed by atoms with Crippen LogP contribution in [0.2, 0.25) is 0 Å². The van der Waals surface area contributed by atoms with E-state index in [2.05, 4.69) is 19.9 Å². The zero-order valence-electron chi connectivity index (χ0n) is 9.70. The lowest BCUT2D eigenvalue weighted by atomic mass is 10.4. The van der Waals surface area contributed by atoms with Gasteiger partial charge in [0.15, 0.2) is 0 Å². The first-order valence-electron chi connectivity index (χ1n) is 5.22. The molecule has 0 aliphatic heterocycles. The maximum Gasteiger partial charge on any atom is 0.377 e. The Balaban J connectivity index is 2.08. The van der Waals surface area contributed by atoms with E-state index in [-0.39, 0.29) is 5.82 Å². The summed E-state index contributed by atoms with van der Waals surface area (Å²) in [4.78, 5) is 15.0. The molecule has 0 saturated carbocycles. The number of hydrogen-bond acceptors (Lipinski definition) is 5. The molecule has 0 N–H and O–H groups in total. The molecule has 90 valence electrons. The van der Waals surface area contributed by atoms with Crippen LogP contribution >= 0.6 is 0 Å². The molecule has 0 spiro atoms. The van der Waals surface area contributed by atoms with Crippen LogP contribution in [0.4, 0.5) is 0 Å². The highest BCUT2D eigenvalue weighted by Gasteiger charge is 2.11. The molecule has 0 fully saturated rings. The summed E-state index contributed by atoms with van der Waals surface area (Å²) in [6.45, 7) is 3.37. The van der Waals surface area contributed by atoms with E-state index in [1.165, 1.54) is 13.4 Å². The molecule has 0 unspecified atom stereocenters. The maximum absolute atomic E-state index is 11.2. The number of carbonyl (C=O) groups is 1. The topological polar surface area (TPSA) is 74.8 Å². The third kappa shape index (κ3) is 2.49. The minimum atomic E-state index is -0.534. The number of esters is 1. The molecule has 0 radical (unpaired) electrons. The van der Waals surface area contributed by atoms with E-state index < -0.39 is 5.97 Å². The second kappa shape index (κ2) is 4.77. The minimum Gasteiger partial charge on any atom is -0.463 e. The number of nitrogens with zero attached hydrogens (tertiary/aromatic N) is 5. The summed E-state index contributed by atoms with van der Waals surface area (Å²) < 4.78 is 7.93. The van der Waals surface area contributed by atoms with Gasteiger partial charge in [-0.25, -0.2) is 14.5 Å². The fourth-order valence-electron chi connectivity index (χ4n) is 1.40. The van der Waals surface area contributed by atoms with Gasteiger partial charge in [-0.15, -0.1) is 5.10 Å². The van der Waals surface area contributed by atoms with Gasteiger partial charge >= 0.3 is 5.97 Å². The summed E-state index contributed by atoms with van der Waals surface area (Å²) in [5.74, 6) is -0.469. The first-order valence-corrected chi connectivity index (χ1v) is 5.22. The summed E-state index contributed by atoms with van der Waals surface area (Å²) in [5, 5.41) is 8.16. The molecule has 0 amide bonds. The Morgan fingerprint density at radius 2 is 2.29 bits per heavy atom. The number of ether oxygens (including phenoxy) is 1. The average molecular weight is 235 g/mol. The van der Waals surface area contributed by atoms with Gasteiger partial charge < -0.3 is 4.74 Å². The predicted octanol–water partition coefficient (Wildman–Crippen LogP) is 0.329. The van der Waals surface area contributed by atoms with E-state index in [4.69, 9.17) is 0 Å². The Morgan fingerprint density at radius 3 is 2.94 bits per heavy atom. The summed E-state index contributed by atoms with van der Waals surface area (Å²) in [6, 6.07) is 0. The molecule has 7 heteroatoms. The fourth-order valence-corrected chi connectivity index (χ4v) is 1.40. The van der Waals surface area contributed by atoms with Crippen LogP contribution in [0.3, 0.4) is 0 Å². The van der Waals surface area contributed by atoms with E-state index in [9.17, 15) is 4.79 Å².